The SMILES string of the molecule is O=C(COc1cc(Cl)c(Cl)cc1Cl)N1CCCO1. The lowest BCUT2D eigenvalue weighted by Crippen LogP contribution is -2.31. The molecule has 1 aliphatic rings. The quantitative estimate of drug-likeness (QED) is 0.805. The van der Waals surface area contributed by atoms with E-state index < -0.39 is 0 Å². The number of hydrogen-bond acceptors (Lipinski definition) is 3. The van der Waals surface area contributed by atoms with Crippen LogP contribution in [0.3, 0.4) is 0 Å². The molecule has 0 aromatic heterocycles. The molecule has 0 bridgehead atoms. The van der Waals surface area contributed by atoms with Crippen molar-refractivity contribution in [1.82, 2.24) is 5.06 Å². The average Bonchev–Trinajstić information content (AvgIpc) is 2.85. The number of halogens is 3. The zero-order valence-electron chi connectivity index (χ0n) is 9.29. The van der Waals surface area contributed by atoms with Crippen molar-refractivity contribution in [1.29, 1.82) is 0 Å². The van der Waals surface area contributed by atoms with Gasteiger partial charge in [0.1, 0.15) is 5.75 Å². The average molecular weight is 311 g/mol. The fourth-order valence-corrected chi connectivity index (χ4v) is 2.06. The molecule has 1 aromatic carbocycles. The molecule has 0 spiro atoms. The third kappa shape index (κ3) is 3.20. The summed E-state index contributed by atoms with van der Waals surface area (Å²) >= 11 is 17.5. The van der Waals surface area contributed by atoms with Crippen molar-refractivity contribution in [3.63, 3.8) is 0 Å². The van der Waals surface area contributed by atoms with E-state index in [-0.39, 0.29) is 12.5 Å². The Morgan fingerprint density at radius 3 is 2.67 bits per heavy atom. The van der Waals surface area contributed by atoms with Crippen LogP contribution in [0.4, 0.5) is 0 Å². The maximum absolute atomic E-state index is 11.7. The van der Waals surface area contributed by atoms with E-state index in [0.717, 1.165) is 6.42 Å². The first-order valence-electron chi connectivity index (χ1n) is 5.28. The van der Waals surface area contributed by atoms with Gasteiger partial charge < -0.3 is 4.74 Å². The summed E-state index contributed by atoms with van der Waals surface area (Å²) in [6.45, 7) is 0.980. The van der Waals surface area contributed by atoms with Gasteiger partial charge in [0, 0.05) is 6.07 Å². The van der Waals surface area contributed by atoms with Gasteiger partial charge in [0.25, 0.3) is 5.91 Å². The molecule has 0 aliphatic carbocycles. The highest BCUT2D eigenvalue weighted by molar-refractivity contribution is 6.43. The van der Waals surface area contributed by atoms with Gasteiger partial charge in [-0.1, -0.05) is 34.8 Å². The Kier molecular flexibility index (Phi) is 4.56. The number of ether oxygens (including phenoxy) is 1. The molecule has 1 aromatic rings. The van der Waals surface area contributed by atoms with Crippen molar-refractivity contribution in [3.8, 4) is 5.75 Å². The lowest BCUT2D eigenvalue weighted by molar-refractivity contribution is -0.170. The third-order valence-electron chi connectivity index (χ3n) is 2.36. The van der Waals surface area contributed by atoms with Crippen LogP contribution in [-0.4, -0.2) is 30.7 Å². The number of benzene rings is 1. The summed E-state index contributed by atoms with van der Waals surface area (Å²) in [4.78, 5) is 16.8. The smallest absolute Gasteiger partial charge is 0.283 e. The zero-order chi connectivity index (χ0) is 13.1. The topological polar surface area (TPSA) is 38.8 Å². The minimum absolute atomic E-state index is 0.155. The first-order chi connectivity index (χ1) is 8.58. The molecule has 0 unspecified atom stereocenters. The van der Waals surface area contributed by atoms with Gasteiger partial charge in [-0.2, -0.15) is 0 Å². The van der Waals surface area contributed by atoms with E-state index in [2.05, 4.69) is 0 Å². The Morgan fingerprint density at radius 1 is 1.28 bits per heavy atom. The summed E-state index contributed by atoms with van der Waals surface area (Å²) in [6.07, 6.45) is 0.833. The fraction of sp³-hybridized carbons (Fsp3) is 0.364. The molecule has 1 saturated heterocycles. The highest BCUT2D eigenvalue weighted by atomic mass is 35.5. The molecule has 7 heteroatoms. The van der Waals surface area contributed by atoms with Gasteiger partial charge in [-0.15, -0.1) is 0 Å². The molecule has 4 nitrogen and oxygen atoms in total. The maximum atomic E-state index is 11.7. The second kappa shape index (κ2) is 5.97. The molecule has 0 N–H and O–H groups in total. The summed E-state index contributed by atoms with van der Waals surface area (Å²) in [5, 5.41) is 2.24. The van der Waals surface area contributed by atoms with Crippen LogP contribution in [0.25, 0.3) is 0 Å². The predicted octanol–water partition coefficient (Wildman–Crippen LogP) is 3.19. The normalized spacial score (nSPS) is 14.9. The first kappa shape index (κ1) is 13.7. The van der Waals surface area contributed by atoms with Gasteiger partial charge in [-0.25, -0.2) is 5.06 Å². The molecule has 2 rings (SSSR count). The molecule has 1 amide bonds. The van der Waals surface area contributed by atoms with E-state index in [4.69, 9.17) is 44.4 Å². The molecular weight excluding hydrogens is 300 g/mol. The Bertz CT molecular complexity index is 461. The zero-order valence-corrected chi connectivity index (χ0v) is 11.6. The molecular formula is C11H10Cl3NO3. The highest BCUT2D eigenvalue weighted by Gasteiger charge is 2.20. The van der Waals surface area contributed by atoms with Crippen LogP contribution in [0.1, 0.15) is 6.42 Å². The third-order valence-corrected chi connectivity index (χ3v) is 3.37. The van der Waals surface area contributed by atoms with E-state index in [1.807, 2.05) is 0 Å². The number of nitrogens with zero attached hydrogens (tertiary/aromatic N) is 1. The summed E-state index contributed by atoms with van der Waals surface area (Å²) in [5.74, 6) is 0.0632. The minimum atomic E-state index is -0.255. The van der Waals surface area contributed by atoms with Crippen LogP contribution in [0.2, 0.25) is 15.1 Å². The molecule has 1 aliphatic heterocycles. The molecule has 1 heterocycles. The summed E-state index contributed by atoms with van der Waals surface area (Å²) in [5.41, 5.74) is 0. The van der Waals surface area contributed by atoms with Crippen LogP contribution >= 0.6 is 34.8 Å². The van der Waals surface area contributed by atoms with Gasteiger partial charge in [-0.3, -0.25) is 9.63 Å². The monoisotopic (exact) mass is 309 g/mol. The van der Waals surface area contributed by atoms with E-state index in [1.54, 1.807) is 0 Å². The van der Waals surface area contributed by atoms with Gasteiger partial charge in [0.05, 0.1) is 28.2 Å². The molecule has 18 heavy (non-hydrogen) atoms. The Morgan fingerprint density at radius 2 is 2.00 bits per heavy atom. The second-order valence-electron chi connectivity index (χ2n) is 3.67. The van der Waals surface area contributed by atoms with Crippen molar-refractivity contribution in [3.05, 3.63) is 27.2 Å². The van der Waals surface area contributed by atoms with Gasteiger partial charge >= 0.3 is 0 Å². The van der Waals surface area contributed by atoms with Gasteiger partial charge in [0.2, 0.25) is 0 Å². The van der Waals surface area contributed by atoms with Crippen molar-refractivity contribution in [2.24, 2.45) is 0 Å². The Balaban J connectivity index is 1.97. The van der Waals surface area contributed by atoms with Crippen LogP contribution < -0.4 is 4.74 Å². The molecule has 98 valence electrons. The van der Waals surface area contributed by atoms with Crippen molar-refractivity contribution >= 4 is 40.7 Å². The first-order valence-corrected chi connectivity index (χ1v) is 6.42. The van der Waals surface area contributed by atoms with Crippen LogP contribution in [-0.2, 0) is 9.63 Å². The summed E-state index contributed by atoms with van der Waals surface area (Å²) in [7, 11) is 0. The lowest BCUT2D eigenvalue weighted by atomic mass is 10.3. The molecule has 0 radical (unpaired) electrons. The number of hydrogen-bond donors (Lipinski definition) is 0. The van der Waals surface area contributed by atoms with Crippen molar-refractivity contribution in [2.75, 3.05) is 19.8 Å². The summed E-state index contributed by atoms with van der Waals surface area (Å²) < 4.78 is 5.30. The van der Waals surface area contributed by atoms with Crippen molar-refractivity contribution < 1.29 is 14.4 Å². The van der Waals surface area contributed by atoms with E-state index in [1.165, 1.54) is 17.2 Å². The van der Waals surface area contributed by atoms with Gasteiger partial charge in [0.15, 0.2) is 6.61 Å². The van der Waals surface area contributed by atoms with E-state index >= 15 is 0 Å². The molecule has 0 atom stereocenters. The van der Waals surface area contributed by atoms with Crippen LogP contribution in [0, 0.1) is 0 Å². The largest absolute Gasteiger partial charge is 0.482 e. The number of carbonyl (C=O) groups excluding carboxylic acids is 1. The number of hydroxylamine groups is 2. The van der Waals surface area contributed by atoms with E-state index in [9.17, 15) is 4.79 Å². The predicted molar refractivity (Wildman–Crippen MR) is 69.2 cm³/mol. The number of carbonyl (C=O) groups is 1. The van der Waals surface area contributed by atoms with Crippen LogP contribution in [0.15, 0.2) is 12.1 Å². The van der Waals surface area contributed by atoms with E-state index in [0.29, 0.717) is 34.0 Å². The Hall–Kier alpha value is -0.680. The van der Waals surface area contributed by atoms with Crippen LogP contribution in [0.5, 0.6) is 5.75 Å². The standard InChI is InChI=1S/C11H10Cl3NO3/c12-7-4-9(14)10(5-8(7)13)17-6-11(16)15-2-1-3-18-15/h4-5H,1-3,6H2. The Labute approximate surface area is 119 Å². The number of amides is 1. The van der Waals surface area contributed by atoms with Gasteiger partial charge in [-0.05, 0) is 12.5 Å². The summed E-state index contributed by atoms with van der Waals surface area (Å²) in [6, 6.07) is 2.95. The second-order valence-corrected chi connectivity index (χ2v) is 4.89. The maximum Gasteiger partial charge on any atom is 0.283 e. The molecule has 1 fully saturated rings. The van der Waals surface area contributed by atoms with Crippen molar-refractivity contribution in [2.45, 2.75) is 6.42 Å². The minimum Gasteiger partial charge on any atom is -0.482 e. The molecule has 0 saturated carbocycles. The fourth-order valence-electron chi connectivity index (χ4n) is 1.47. The lowest BCUT2D eigenvalue weighted by Gasteiger charge is -2.15. The highest BCUT2D eigenvalue weighted by Crippen LogP contribution is 2.33. The number of rotatable bonds is 3.